The van der Waals surface area contributed by atoms with Crippen LogP contribution in [0.4, 0.5) is 4.39 Å². The lowest BCUT2D eigenvalue weighted by molar-refractivity contribution is 0.101. The van der Waals surface area contributed by atoms with Gasteiger partial charge in [0.05, 0.1) is 37.9 Å². The minimum absolute atomic E-state index is 0.196. The number of aromatic nitrogens is 4. The summed E-state index contributed by atoms with van der Waals surface area (Å²) in [4.78, 5) is 30.7. The van der Waals surface area contributed by atoms with E-state index in [1.807, 2.05) is 6.92 Å². The van der Waals surface area contributed by atoms with Gasteiger partial charge in [-0.2, -0.15) is 5.10 Å². The molecule has 0 bridgehead atoms. The molecule has 5 rings (SSSR count). The molecule has 0 aliphatic rings. The summed E-state index contributed by atoms with van der Waals surface area (Å²) < 4.78 is 31.9. The minimum Gasteiger partial charge on any atom is -0.493 e. The number of nitrogens with one attached hydrogen (secondary N) is 1. The molecule has 1 N–H and O–H groups in total. The van der Waals surface area contributed by atoms with Crippen LogP contribution in [0.5, 0.6) is 17.2 Å². The molecule has 0 radical (unpaired) electrons. The highest BCUT2D eigenvalue weighted by atomic mass is 19.1. The number of methoxy groups -OCH3 is 3. The molecule has 0 unspecified atom stereocenters. The molecule has 0 spiro atoms. The highest BCUT2D eigenvalue weighted by Crippen LogP contribution is 2.38. The van der Waals surface area contributed by atoms with E-state index in [9.17, 15) is 14.0 Å². The van der Waals surface area contributed by atoms with Crippen LogP contribution in [0.1, 0.15) is 16.1 Å². The lowest BCUT2D eigenvalue weighted by atomic mass is 10.1. The maximum absolute atomic E-state index is 13.4. The lowest BCUT2D eigenvalue weighted by Gasteiger charge is -2.14. The van der Waals surface area contributed by atoms with Gasteiger partial charge in [-0.05, 0) is 42.8 Å². The lowest BCUT2D eigenvalue weighted by Crippen LogP contribution is -2.33. The van der Waals surface area contributed by atoms with E-state index in [0.717, 1.165) is 15.8 Å². The van der Waals surface area contributed by atoms with Gasteiger partial charge in [-0.1, -0.05) is 12.1 Å². The van der Waals surface area contributed by atoms with Crippen molar-refractivity contribution in [3.8, 4) is 28.4 Å². The zero-order valence-electron chi connectivity index (χ0n) is 20.4. The number of halogens is 1. The second kappa shape index (κ2) is 9.26. The average Bonchev–Trinajstić information content (AvgIpc) is 3.25. The number of amides is 1. The van der Waals surface area contributed by atoms with E-state index in [1.165, 1.54) is 58.0 Å². The summed E-state index contributed by atoms with van der Waals surface area (Å²) in [6.45, 7) is 1.82. The van der Waals surface area contributed by atoms with E-state index in [4.69, 9.17) is 14.2 Å². The van der Waals surface area contributed by atoms with E-state index < -0.39 is 11.5 Å². The van der Waals surface area contributed by atoms with Gasteiger partial charge in [0.2, 0.25) is 5.75 Å². The van der Waals surface area contributed by atoms with Crippen molar-refractivity contribution < 1.29 is 23.4 Å². The van der Waals surface area contributed by atoms with Crippen LogP contribution in [0.3, 0.4) is 0 Å². The Morgan fingerprint density at radius 2 is 1.68 bits per heavy atom. The van der Waals surface area contributed by atoms with Crippen molar-refractivity contribution in [2.45, 2.75) is 6.92 Å². The van der Waals surface area contributed by atoms with Crippen molar-refractivity contribution in [2.75, 3.05) is 26.8 Å². The van der Waals surface area contributed by atoms with Gasteiger partial charge >= 0.3 is 0 Å². The van der Waals surface area contributed by atoms with Crippen molar-refractivity contribution in [3.63, 3.8) is 0 Å². The highest BCUT2D eigenvalue weighted by molar-refractivity contribution is 6.01. The molecule has 0 aliphatic carbocycles. The highest BCUT2D eigenvalue weighted by Gasteiger charge is 2.19. The van der Waals surface area contributed by atoms with Crippen molar-refractivity contribution in [1.82, 2.24) is 19.3 Å². The summed E-state index contributed by atoms with van der Waals surface area (Å²) in [6, 6.07) is 10.7. The van der Waals surface area contributed by atoms with Crippen LogP contribution in [-0.2, 0) is 0 Å². The van der Waals surface area contributed by atoms with Crippen LogP contribution >= 0.6 is 0 Å². The summed E-state index contributed by atoms with van der Waals surface area (Å²) in [6.07, 6.45) is 2.87. The molecule has 0 atom stereocenters. The van der Waals surface area contributed by atoms with Crippen LogP contribution in [0.25, 0.3) is 27.7 Å². The summed E-state index contributed by atoms with van der Waals surface area (Å²) >= 11 is 0. The molecule has 2 aromatic carbocycles. The Labute approximate surface area is 209 Å². The molecule has 0 saturated heterocycles. The number of fused-ring (bicyclic) bond motifs is 3. The zero-order chi connectivity index (χ0) is 26.3. The van der Waals surface area contributed by atoms with Gasteiger partial charge in [-0.25, -0.2) is 18.6 Å². The van der Waals surface area contributed by atoms with E-state index in [-0.39, 0.29) is 16.8 Å². The van der Waals surface area contributed by atoms with Gasteiger partial charge < -0.3 is 14.2 Å². The topological polar surface area (TPSA) is 109 Å². The first-order chi connectivity index (χ1) is 17.9. The monoisotopic (exact) mass is 503 g/mol. The Morgan fingerprint density at radius 1 is 1.00 bits per heavy atom. The quantitative estimate of drug-likeness (QED) is 0.377. The van der Waals surface area contributed by atoms with Gasteiger partial charge in [-0.15, -0.1) is 0 Å². The van der Waals surface area contributed by atoms with E-state index in [2.05, 4.69) is 15.5 Å². The van der Waals surface area contributed by atoms with Gasteiger partial charge in [0.15, 0.2) is 17.1 Å². The summed E-state index contributed by atoms with van der Waals surface area (Å²) in [5, 5.41) is 4.80. The number of rotatable bonds is 6. The Hall–Kier alpha value is -4.93. The van der Waals surface area contributed by atoms with Crippen LogP contribution in [0.2, 0.25) is 0 Å². The third-order valence-corrected chi connectivity index (χ3v) is 5.97. The number of ether oxygens (including phenoxy) is 3. The normalized spacial score (nSPS) is 11.1. The van der Waals surface area contributed by atoms with Gasteiger partial charge in [0.1, 0.15) is 5.82 Å². The van der Waals surface area contributed by atoms with Crippen LogP contribution in [0, 0.1) is 12.7 Å². The molecule has 5 aromatic rings. The SMILES string of the molecule is COc1cc(C(=O)Nn2ccc3c(cnc4c(-c5ccc(F)cc5)c(C)nn43)c2=O)cc(OC)c1OC. The number of hydrogen-bond donors (Lipinski definition) is 1. The molecule has 10 nitrogen and oxygen atoms in total. The van der Waals surface area contributed by atoms with Crippen molar-refractivity contribution in [1.29, 1.82) is 0 Å². The second-order valence-electron chi connectivity index (χ2n) is 8.11. The Balaban J connectivity index is 1.55. The van der Waals surface area contributed by atoms with Crippen molar-refractivity contribution >= 4 is 22.5 Å². The Morgan fingerprint density at radius 3 is 2.30 bits per heavy atom. The molecule has 188 valence electrons. The molecular formula is C26H22FN5O5. The van der Waals surface area contributed by atoms with E-state index >= 15 is 0 Å². The number of aryl methyl sites for hydroxylation is 1. The number of nitrogens with zero attached hydrogens (tertiary/aromatic N) is 4. The molecule has 0 aliphatic heterocycles. The molecule has 1 amide bonds. The smallest absolute Gasteiger partial charge is 0.280 e. The maximum atomic E-state index is 13.4. The number of carbonyl (C=O) groups excluding carboxylic acids is 1. The Bertz CT molecular complexity index is 1700. The first-order valence-electron chi connectivity index (χ1n) is 11.1. The predicted molar refractivity (Wildman–Crippen MR) is 135 cm³/mol. The molecule has 0 saturated carbocycles. The van der Waals surface area contributed by atoms with Crippen LogP contribution in [-0.4, -0.2) is 46.5 Å². The van der Waals surface area contributed by atoms with Crippen molar-refractivity contribution in [3.05, 3.63) is 82.3 Å². The van der Waals surface area contributed by atoms with Gasteiger partial charge in [-0.3, -0.25) is 15.0 Å². The van der Waals surface area contributed by atoms with E-state index in [1.54, 1.807) is 22.7 Å². The zero-order valence-corrected chi connectivity index (χ0v) is 20.4. The largest absolute Gasteiger partial charge is 0.493 e. The number of hydrogen-bond acceptors (Lipinski definition) is 7. The maximum Gasteiger partial charge on any atom is 0.280 e. The number of pyridine rings is 1. The van der Waals surface area contributed by atoms with Crippen molar-refractivity contribution in [2.24, 2.45) is 0 Å². The van der Waals surface area contributed by atoms with Crippen LogP contribution < -0.4 is 25.2 Å². The average molecular weight is 503 g/mol. The third kappa shape index (κ3) is 3.99. The molecule has 3 heterocycles. The third-order valence-electron chi connectivity index (χ3n) is 5.97. The summed E-state index contributed by atoms with van der Waals surface area (Å²) in [7, 11) is 4.35. The first kappa shape index (κ1) is 23.8. The van der Waals surface area contributed by atoms with Gasteiger partial charge in [0, 0.05) is 23.5 Å². The first-order valence-corrected chi connectivity index (χ1v) is 11.1. The summed E-state index contributed by atoms with van der Waals surface area (Å²) in [5.41, 5.74) is 5.47. The molecule has 3 aromatic heterocycles. The molecule has 11 heteroatoms. The molecular weight excluding hydrogens is 481 g/mol. The second-order valence-corrected chi connectivity index (χ2v) is 8.11. The number of carbonyl (C=O) groups is 1. The molecule has 0 fully saturated rings. The van der Waals surface area contributed by atoms with E-state index in [0.29, 0.717) is 34.1 Å². The van der Waals surface area contributed by atoms with Crippen LogP contribution in [0.15, 0.2) is 59.7 Å². The summed E-state index contributed by atoms with van der Waals surface area (Å²) in [5.74, 6) is 0.0358. The van der Waals surface area contributed by atoms with Gasteiger partial charge in [0.25, 0.3) is 11.5 Å². The predicted octanol–water partition coefficient (Wildman–Crippen LogP) is 3.57. The fraction of sp³-hybridized carbons (Fsp3) is 0.154. The fourth-order valence-electron chi connectivity index (χ4n) is 4.20. The fourth-order valence-corrected chi connectivity index (χ4v) is 4.20. The standard InChI is InChI=1S/C26H22FN5O5/c1-14-22(15-5-7-17(27)8-6-15)24-28-13-18-19(32(24)29-14)9-10-31(26(18)34)30-25(33)16-11-20(35-2)23(37-4)21(12-16)36-3/h5-13H,1-4H3,(H,30,33). The molecule has 37 heavy (non-hydrogen) atoms. The Kier molecular flexibility index (Phi) is 5.96. The minimum atomic E-state index is -0.566. The number of benzene rings is 2.